The molecule has 2 amide bonds. The van der Waals surface area contributed by atoms with E-state index in [9.17, 15) is 9.59 Å². The molecular weight excluding hydrogens is 532 g/mol. The molecule has 4 atom stereocenters. The Bertz CT molecular complexity index is 1280. The summed E-state index contributed by atoms with van der Waals surface area (Å²) in [4.78, 5) is 32.3. The molecule has 7 rings (SSSR count). The van der Waals surface area contributed by atoms with Crippen LogP contribution < -0.4 is 18.9 Å². The van der Waals surface area contributed by atoms with Crippen molar-refractivity contribution in [2.45, 2.75) is 38.5 Å². The first-order chi connectivity index (χ1) is 20.7. The van der Waals surface area contributed by atoms with Crippen molar-refractivity contribution in [2.75, 3.05) is 39.8 Å². The molecule has 0 unspecified atom stereocenters. The summed E-state index contributed by atoms with van der Waals surface area (Å²) >= 11 is 0. The Morgan fingerprint density at radius 3 is 1.40 bits per heavy atom. The Morgan fingerprint density at radius 2 is 0.976 bits per heavy atom. The summed E-state index contributed by atoms with van der Waals surface area (Å²) in [6, 6.07) is 11.8. The minimum atomic E-state index is -0.380. The largest absolute Gasteiger partial charge is 0.454 e. The number of carbonyl (C=O) groups is 2. The molecule has 4 aliphatic heterocycles. The maximum atomic E-state index is 14.1. The minimum Gasteiger partial charge on any atom is -0.454 e. The number of rotatable bonds is 6. The van der Waals surface area contributed by atoms with Crippen molar-refractivity contribution >= 4 is 24.0 Å². The molecule has 8 heteroatoms. The van der Waals surface area contributed by atoms with Gasteiger partial charge in [0.25, 0.3) is 0 Å². The normalized spacial score (nSPS) is 26.6. The van der Waals surface area contributed by atoms with Crippen molar-refractivity contribution in [3.05, 3.63) is 59.7 Å². The molecule has 5 aliphatic rings. The molecule has 0 radical (unpaired) electrons. The second-order valence-corrected chi connectivity index (χ2v) is 11.9. The van der Waals surface area contributed by atoms with Gasteiger partial charge in [0.1, 0.15) is 0 Å². The van der Waals surface area contributed by atoms with Crippen molar-refractivity contribution in [3.63, 3.8) is 0 Å². The number of nitrogens with zero attached hydrogens (tertiary/aromatic N) is 2. The maximum absolute atomic E-state index is 14.1. The minimum absolute atomic E-state index is 0.103. The first kappa shape index (κ1) is 26.9. The molecule has 1 saturated carbocycles. The lowest BCUT2D eigenvalue weighted by Crippen LogP contribution is -2.60. The van der Waals surface area contributed by atoms with Crippen LogP contribution in [0.1, 0.15) is 49.7 Å². The van der Waals surface area contributed by atoms with E-state index in [1.54, 1.807) is 0 Å². The van der Waals surface area contributed by atoms with Crippen molar-refractivity contribution < 1.29 is 28.5 Å². The van der Waals surface area contributed by atoms with E-state index in [1.165, 1.54) is 0 Å². The van der Waals surface area contributed by atoms with Crippen LogP contribution in [0.2, 0.25) is 0 Å². The monoisotopic (exact) mass is 570 g/mol. The van der Waals surface area contributed by atoms with Crippen LogP contribution >= 0.6 is 0 Å². The predicted molar refractivity (Wildman–Crippen MR) is 158 cm³/mol. The molecule has 8 nitrogen and oxygen atoms in total. The molecule has 4 heterocycles. The summed E-state index contributed by atoms with van der Waals surface area (Å²) in [5, 5.41) is 0. The van der Waals surface area contributed by atoms with E-state index in [-0.39, 0.29) is 49.1 Å². The van der Waals surface area contributed by atoms with Crippen molar-refractivity contribution in [2.24, 2.45) is 23.7 Å². The zero-order valence-electron chi connectivity index (χ0n) is 23.9. The van der Waals surface area contributed by atoms with Gasteiger partial charge in [-0.2, -0.15) is 0 Å². The van der Waals surface area contributed by atoms with E-state index < -0.39 is 0 Å². The van der Waals surface area contributed by atoms with Crippen LogP contribution in [-0.4, -0.2) is 61.4 Å². The fourth-order valence-electron chi connectivity index (χ4n) is 7.07. The van der Waals surface area contributed by atoms with Crippen LogP contribution in [0.25, 0.3) is 12.2 Å². The second kappa shape index (κ2) is 11.7. The van der Waals surface area contributed by atoms with E-state index in [4.69, 9.17) is 18.9 Å². The van der Waals surface area contributed by atoms with Gasteiger partial charge in [0.15, 0.2) is 23.0 Å². The molecule has 0 aromatic heterocycles. The highest BCUT2D eigenvalue weighted by molar-refractivity contribution is 5.91. The third-order valence-corrected chi connectivity index (χ3v) is 9.38. The van der Waals surface area contributed by atoms with E-state index in [1.807, 2.05) is 46.2 Å². The quantitative estimate of drug-likeness (QED) is 0.465. The zero-order chi connectivity index (χ0) is 28.5. The number of hydrogen-bond donors (Lipinski definition) is 0. The molecular formula is C34H38N2O6. The number of ether oxygens (including phenoxy) is 4. The predicted octanol–water partition coefficient (Wildman–Crippen LogP) is 5.37. The highest BCUT2D eigenvalue weighted by atomic mass is 16.7. The fraction of sp³-hybridized carbons (Fsp3) is 0.471. The van der Waals surface area contributed by atoms with Gasteiger partial charge in [0.05, 0.1) is 11.8 Å². The number of hydrogen-bond acceptors (Lipinski definition) is 6. The molecule has 0 N–H and O–H groups in total. The van der Waals surface area contributed by atoms with Gasteiger partial charge in [-0.1, -0.05) is 36.4 Å². The van der Waals surface area contributed by atoms with Crippen LogP contribution in [0.4, 0.5) is 0 Å². The van der Waals surface area contributed by atoms with Crippen molar-refractivity contribution in [3.8, 4) is 23.0 Å². The zero-order valence-corrected chi connectivity index (χ0v) is 23.9. The van der Waals surface area contributed by atoms with Gasteiger partial charge in [0, 0.05) is 26.2 Å². The second-order valence-electron chi connectivity index (χ2n) is 11.9. The molecule has 220 valence electrons. The standard InChI is InChI=1S/C34H38N2O6/c37-33(35-15-3-1-4-16-35)31-25(11-7-23-9-13-27-29(19-23)41-21-39-27)26(32(31)34(38)36-17-5-2-6-18-36)12-8-24-10-14-28-30(20-24)42-22-40-28/h7-14,19-20,25-26,31-32H,1-6,15-18,21-22H2/b11-7+,12-8+/t25-,26+,31-,32-/m0/s1. The molecule has 0 bridgehead atoms. The van der Waals surface area contributed by atoms with Crippen LogP contribution in [0.5, 0.6) is 23.0 Å². The lowest BCUT2D eigenvalue weighted by atomic mass is 9.55. The Labute approximate surface area is 246 Å². The number of amides is 2. The van der Waals surface area contributed by atoms with Crippen LogP contribution in [0.15, 0.2) is 48.6 Å². The Balaban J connectivity index is 1.22. The lowest BCUT2D eigenvalue weighted by molar-refractivity contribution is -0.161. The SMILES string of the molecule is O=C([C@H]1[C@H](/C=C/c2ccc3c(c2)OCO3)[C@H](/C=C/c2ccc3c(c2)OCO3)[C@@H]1C(=O)N1CCCCC1)N1CCCCC1. The van der Waals surface area contributed by atoms with E-state index >= 15 is 0 Å². The molecule has 0 spiro atoms. The summed E-state index contributed by atoms with van der Waals surface area (Å²) < 4.78 is 22.1. The number of likely N-dealkylation sites (tertiary alicyclic amines) is 2. The van der Waals surface area contributed by atoms with E-state index in [0.29, 0.717) is 0 Å². The topological polar surface area (TPSA) is 77.5 Å². The highest BCUT2D eigenvalue weighted by Crippen LogP contribution is 2.51. The molecule has 3 fully saturated rings. The third kappa shape index (κ3) is 5.23. The van der Waals surface area contributed by atoms with E-state index in [2.05, 4.69) is 24.3 Å². The summed E-state index contributed by atoms with van der Waals surface area (Å²) in [5.41, 5.74) is 1.96. The fourth-order valence-corrected chi connectivity index (χ4v) is 7.07. The smallest absolute Gasteiger partial charge is 0.231 e. The molecule has 1 aliphatic carbocycles. The number of piperidine rings is 2. The summed E-state index contributed by atoms with van der Waals surface area (Å²) in [7, 11) is 0. The number of benzene rings is 2. The van der Waals surface area contributed by atoms with Gasteiger partial charge in [-0.05, 0) is 85.8 Å². The Hall–Kier alpha value is -3.94. The van der Waals surface area contributed by atoms with Crippen molar-refractivity contribution in [1.29, 1.82) is 0 Å². The lowest BCUT2D eigenvalue weighted by Gasteiger charge is -2.51. The molecule has 2 aromatic rings. The van der Waals surface area contributed by atoms with Crippen LogP contribution in [0, 0.1) is 23.7 Å². The van der Waals surface area contributed by atoms with Gasteiger partial charge < -0.3 is 28.7 Å². The molecule has 2 aromatic carbocycles. The van der Waals surface area contributed by atoms with Crippen molar-refractivity contribution in [1.82, 2.24) is 9.80 Å². The van der Waals surface area contributed by atoms with Gasteiger partial charge >= 0.3 is 0 Å². The number of allylic oxidation sites excluding steroid dienone is 2. The molecule has 42 heavy (non-hydrogen) atoms. The molecule has 2 saturated heterocycles. The van der Waals surface area contributed by atoms with Gasteiger partial charge in [0.2, 0.25) is 25.4 Å². The highest BCUT2D eigenvalue weighted by Gasteiger charge is 2.56. The number of fused-ring (bicyclic) bond motifs is 2. The first-order valence-corrected chi connectivity index (χ1v) is 15.4. The van der Waals surface area contributed by atoms with Crippen LogP contribution in [-0.2, 0) is 9.59 Å². The third-order valence-electron chi connectivity index (χ3n) is 9.38. The average Bonchev–Trinajstić information content (AvgIpc) is 3.70. The average molecular weight is 571 g/mol. The summed E-state index contributed by atoms with van der Waals surface area (Å²) in [6.45, 7) is 3.55. The Morgan fingerprint density at radius 1 is 0.571 bits per heavy atom. The number of carbonyl (C=O) groups excluding carboxylic acids is 2. The van der Waals surface area contributed by atoms with Gasteiger partial charge in [-0.25, -0.2) is 0 Å². The van der Waals surface area contributed by atoms with E-state index in [0.717, 1.165) is 98.8 Å². The van der Waals surface area contributed by atoms with Gasteiger partial charge in [-0.15, -0.1) is 0 Å². The van der Waals surface area contributed by atoms with Crippen LogP contribution in [0.3, 0.4) is 0 Å². The Kier molecular flexibility index (Phi) is 7.53. The summed E-state index contributed by atoms with van der Waals surface area (Å²) in [6.07, 6.45) is 14.8. The first-order valence-electron chi connectivity index (χ1n) is 15.4. The van der Waals surface area contributed by atoms with Gasteiger partial charge in [-0.3, -0.25) is 9.59 Å². The summed E-state index contributed by atoms with van der Waals surface area (Å²) in [5.74, 6) is 2.21. The maximum Gasteiger partial charge on any atom is 0.231 e.